The fourth-order valence-corrected chi connectivity index (χ4v) is 3.45. The van der Waals surface area contributed by atoms with Crippen LogP contribution < -0.4 is 10.1 Å². The van der Waals surface area contributed by atoms with E-state index in [0.717, 1.165) is 36.1 Å². The van der Waals surface area contributed by atoms with Gasteiger partial charge in [-0.1, -0.05) is 17.7 Å². The number of hydrogen-bond acceptors (Lipinski definition) is 5. The molecular formula is C18H25Cl2N3O2S. The lowest BCUT2D eigenvalue weighted by Crippen LogP contribution is -2.52. The Morgan fingerprint density at radius 3 is 2.77 bits per heavy atom. The van der Waals surface area contributed by atoms with Gasteiger partial charge >= 0.3 is 0 Å². The highest BCUT2D eigenvalue weighted by Gasteiger charge is 2.23. The number of benzene rings is 1. The fourth-order valence-electron chi connectivity index (χ4n) is 2.74. The molecule has 1 aliphatic heterocycles. The number of ether oxygens (including phenoxy) is 1. The smallest absolute Gasteiger partial charge is 0.228 e. The summed E-state index contributed by atoms with van der Waals surface area (Å²) in [5.74, 6) is 0.989. The van der Waals surface area contributed by atoms with Crippen LogP contribution in [0.3, 0.4) is 0 Å². The number of aryl methyl sites for hydroxylation is 1. The zero-order chi connectivity index (χ0) is 16.9. The summed E-state index contributed by atoms with van der Waals surface area (Å²) >= 11 is 1.54. The van der Waals surface area contributed by atoms with Gasteiger partial charge in [0.05, 0.1) is 12.1 Å². The first-order valence-corrected chi connectivity index (χ1v) is 9.13. The van der Waals surface area contributed by atoms with Gasteiger partial charge in [0.2, 0.25) is 5.91 Å². The zero-order valence-corrected chi connectivity index (χ0v) is 17.4. The number of thiazole rings is 1. The summed E-state index contributed by atoms with van der Waals surface area (Å²) in [6.07, 6.45) is 0.366. The molecule has 0 spiro atoms. The molecule has 1 N–H and O–H groups in total. The molecule has 3 rings (SSSR count). The molecule has 1 aliphatic rings. The molecule has 2 aromatic rings. The highest BCUT2D eigenvalue weighted by molar-refractivity contribution is 7.09. The van der Waals surface area contributed by atoms with Gasteiger partial charge in [0.15, 0.2) is 0 Å². The van der Waals surface area contributed by atoms with Crippen LogP contribution in [-0.4, -0.2) is 41.5 Å². The maximum Gasteiger partial charge on any atom is 0.228 e. The van der Waals surface area contributed by atoms with Crippen LogP contribution in [0.4, 0.5) is 0 Å². The number of nitrogens with one attached hydrogen (secondary N) is 1. The molecule has 0 radical (unpaired) electrons. The summed E-state index contributed by atoms with van der Waals surface area (Å²) in [6, 6.07) is 8.21. The third-order valence-corrected chi connectivity index (χ3v) is 5.01. The molecule has 1 fully saturated rings. The summed E-state index contributed by atoms with van der Waals surface area (Å²) in [6.45, 7) is 7.06. The van der Waals surface area contributed by atoms with Gasteiger partial charge in [-0.25, -0.2) is 4.98 Å². The Morgan fingerprint density at radius 1 is 1.35 bits per heavy atom. The molecular weight excluding hydrogens is 393 g/mol. The quantitative estimate of drug-likeness (QED) is 0.810. The van der Waals surface area contributed by atoms with E-state index in [1.807, 2.05) is 41.5 Å². The van der Waals surface area contributed by atoms with Crippen molar-refractivity contribution in [1.82, 2.24) is 15.2 Å². The van der Waals surface area contributed by atoms with Gasteiger partial charge in [-0.2, -0.15) is 0 Å². The Morgan fingerprint density at radius 2 is 2.08 bits per heavy atom. The molecule has 26 heavy (non-hydrogen) atoms. The standard InChI is InChI=1S/C18H23N3O2S.2ClH/c1-13-3-5-16(6-4-13)23-11-17-20-15(12-24-17)9-18(22)21-8-7-19-10-14(21)2;;/h3-6,12,14,19H,7-11H2,1-2H3;2*1H. The van der Waals surface area contributed by atoms with E-state index in [1.165, 1.54) is 5.56 Å². The van der Waals surface area contributed by atoms with Gasteiger partial charge < -0.3 is 15.0 Å². The lowest BCUT2D eigenvalue weighted by atomic mass is 10.2. The molecule has 0 aliphatic carbocycles. The summed E-state index contributed by atoms with van der Waals surface area (Å²) < 4.78 is 5.74. The van der Waals surface area contributed by atoms with E-state index in [0.29, 0.717) is 13.0 Å². The van der Waals surface area contributed by atoms with Crippen LogP contribution in [0.5, 0.6) is 5.75 Å². The molecule has 1 saturated heterocycles. The van der Waals surface area contributed by atoms with Crippen molar-refractivity contribution < 1.29 is 9.53 Å². The van der Waals surface area contributed by atoms with Crippen molar-refractivity contribution >= 4 is 42.1 Å². The first-order valence-electron chi connectivity index (χ1n) is 8.25. The predicted octanol–water partition coefficient (Wildman–Crippen LogP) is 3.24. The summed E-state index contributed by atoms with van der Waals surface area (Å²) in [5.41, 5.74) is 2.04. The highest BCUT2D eigenvalue weighted by atomic mass is 35.5. The van der Waals surface area contributed by atoms with E-state index in [2.05, 4.69) is 17.2 Å². The summed E-state index contributed by atoms with van der Waals surface area (Å²) in [5, 5.41) is 6.15. The molecule has 8 heteroatoms. The second-order valence-corrected chi connectivity index (χ2v) is 7.09. The molecule has 1 aromatic heterocycles. The van der Waals surface area contributed by atoms with Crippen LogP contribution in [0.15, 0.2) is 29.6 Å². The number of rotatable bonds is 5. The Hall–Kier alpha value is -1.34. The van der Waals surface area contributed by atoms with Crippen LogP contribution in [0.1, 0.15) is 23.2 Å². The third-order valence-electron chi connectivity index (χ3n) is 4.14. The van der Waals surface area contributed by atoms with Crippen molar-refractivity contribution in [3.63, 3.8) is 0 Å². The molecule has 0 bridgehead atoms. The Balaban J connectivity index is 0.00000169. The number of amides is 1. The van der Waals surface area contributed by atoms with Crippen molar-refractivity contribution in [2.45, 2.75) is 32.9 Å². The van der Waals surface area contributed by atoms with Gasteiger partial charge in [-0.05, 0) is 26.0 Å². The van der Waals surface area contributed by atoms with Gasteiger partial charge in [-0.3, -0.25) is 4.79 Å². The third kappa shape index (κ3) is 6.13. The van der Waals surface area contributed by atoms with Crippen molar-refractivity contribution in [2.24, 2.45) is 0 Å². The topological polar surface area (TPSA) is 54.5 Å². The van der Waals surface area contributed by atoms with Crippen molar-refractivity contribution in [2.75, 3.05) is 19.6 Å². The monoisotopic (exact) mass is 417 g/mol. The second kappa shape index (κ2) is 10.7. The van der Waals surface area contributed by atoms with E-state index in [4.69, 9.17) is 4.74 Å². The maximum absolute atomic E-state index is 12.4. The van der Waals surface area contributed by atoms with Gasteiger partial charge in [-0.15, -0.1) is 36.2 Å². The predicted molar refractivity (Wildman–Crippen MR) is 110 cm³/mol. The number of hydrogen-bond donors (Lipinski definition) is 1. The van der Waals surface area contributed by atoms with E-state index in [-0.39, 0.29) is 36.8 Å². The molecule has 1 atom stereocenters. The summed E-state index contributed by atoms with van der Waals surface area (Å²) in [7, 11) is 0. The van der Waals surface area contributed by atoms with Gasteiger partial charge in [0.25, 0.3) is 0 Å². The molecule has 1 aromatic carbocycles. The van der Waals surface area contributed by atoms with Gasteiger partial charge in [0, 0.05) is 31.1 Å². The van der Waals surface area contributed by atoms with E-state index >= 15 is 0 Å². The molecule has 144 valence electrons. The molecule has 5 nitrogen and oxygen atoms in total. The number of carbonyl (C=O) groups is 1. The largest absolute Gasteiger partial charge is 0.486 e. The minimum absolute atomic E-state index is 0. The average molecular weight is 418 g/mol. The van der Waals surface area contributed by atoms with Crippen LogP contribution in [-0.2, 0) is 17.8 Å². The SMILES string of the molecule is Cc1ccc(OCc2nc(CC(=O)N3CCNCC3C)cs2)cc1.Cl.Cl. The van der Waals surface area contributed by atoms with Crippen LogP contribution >= 0.6 is 36.2 Å². The molecule has 1 unspecified atom stereocenters. The summed E-state index contributed by atoms with van der Waals surface area (Å²) in [4.78, 5) is 18.9. The molecule has 0 saturated carbocycles. The lowest BCUT2D eigenvalue weighted by molar-refractivity contribution is -0.133. The normalized spacial score (nSPS) is 16.4. The molecule has 2 heterocycles. The number of nitrogens with zero attached hydrogens (tertiary/aromatic N) is 2. The first-order chi connectivity index (χ1) is 11.6. The van der Waals surface area contributed by atoms with E-state index in [9.17, 15) is 4.79 Å². The second-order valence-electron chi connectivity index (χ2n) is 6.15. The number of piperazine rings is 1. The van der Waals surface area contributed by atoms with Crippen LogP contribution in [0.2, 0.25) is 0 Å². The lowest BCUT2D eigenvalue weighted by Gasteiger charge is -2.33. The average Bonchev–Trinajstić information content (AvgIpc) is 3.02. The van der Waals surface area contributed by atoms with Crippen LogP contribution in [0, 0.1) is 6.92 Å². The van der Waals surface area contributed by atoms with Crippen molar-refractivity contribution in [3.8, 4) is 5.75 Å². The minimum atomic E-state index is 0. The Bertz CT molecular complexity index is 694. The number of carbonyl (C=O) groups excluding carboxylic acids is 1. The Labute approximate surface area is 171 Å². The Kier molecular flexibility index (Phi) is 9.36. The number of aromatic nitrogens is 1. The minimum Gasteiger partial charge on any atom is -0.486 e. The zero-order valence-electron chi connectivity index (χ0n) is 14.9. The fraction of sp³-hybridized carbons (Fsp3) is 0.444. The maximum atomic E-state index is 12.4. The van der Waals surface area contributed by atoms with Crippen molar-refractivity contribution in [3.05, 3.63) is 45.9 Å². The van der Waals surface area contributed by atoms with E-state index < -0.39 is 0 Å². The first kappa shape index (κ1) is 22.7. The van der Waals surface area contributed by atoms with Crippen LogP contribution in [0.25, 0.3) is 0 Å². The number of halogens is 2. The molecule has 1 amide bonds. The van der Waals surface area contributed by atoms with E-state index in [1.54, 1.807) is 11.3 Å². The van der Waals surface area contributed by atoms with Gasteiger partial charge in [0.1, 0.15) is 17.4 Å². The highest BCUT2D eigenvalue weighted by Crippen LogP contribution is 2.17. The van der Waals surface area contributed by atoms with Crippen molar-refractivity contribution in [1.29, 1.82) is 0 Å².